The van der Waals surface area contributed by atoms with Crippen molar-refractivity contribution in [2.75, 3.05) is 13.2 Å². The maximum Gasteiger partial charge on any atom is 2.00 e. The van der Waals surface area contributed by atoms with Crippen molar-refractivity contribution in [2.45, 2.75) is 53.4 Å². The molecule has 0 fully saturated rings. The van der Waals surface area contributed by atoms with Gasteiger partial charge in [-0.1, -0.05) is 26.7 Å². The number of rotatable bonds is 4. The van der Waals surface area contributed by atoms with Gasteiger partial charge >= 0.3 is 21.7 Å². The van der Waals surface area contributed by atoms with E-state index in [9.17, 15) is 0 Å². The van der Waals surface area contributed by atoms with E-state index in [0.717, 1.165) is 25.7 Å². The maximum absolute atomic E-state index is 8.07. The van der Waals surface area contributed by atoms with Gasteiger partial charge in [0.25, 0.3) is 0 Å². The zero-order chi connectivity index (χ0) is 12.2. The average molecular weight is 254 g/mol. The molecule has 0 aromatic rings. The third-order valence-corrected chi connectivity index (χ3v) is 1.02. The van der Waals surface area contributed by atoms with E-state index in [2.05, 4.69) is 27.7 Å². The van der Waals surface area contributed by atoms with Gasteiger partial charge in [0.2, 0.25) is 0 Å². The van der Waals surface area contributed by atoms with Gasteiger partial charge in [0.15, 0.2) is 0 Å². The Morgan fingerprint density at radius 3 is 0.933 bits per heavy atom. The van der Waals surface area contributed by atoms with Gasteiger partial charge in [0, 0.05) is 13.2 Å². The largest absolute Gasteiger partial charge is 2.00 e. The predicted octanol–water partition coefficient (Wildman–Crippen LogP) is 3.24. The molecule has 0 aromatic carbocycles. The molecule has 0 unspecified atom stereocenters. The first-order chi connectivity index (χ1) is 6.83. The number of hydrogen-bond donors (Lipinski definition) is 2. The fourth-order valence-electron chi connectivity index (χ4n) is 0.316. The summed E-state index contributed by atoms with van der Waals surface area (Å²) in [5.41, 5.74) is 0. The summed E-state index contributed by atoms with van der Waals surface area (Å²) >= 11 is 0. The van der Waals surface area contributed by atoms with Crippen molar-refractivity contribution in [3.63, 3.8) is 0 Å². The number of aliphatic hydroxyl groups excluding tert-OH is 2. The van der Waals surface area contributed by atoms with E-state index in [1.807, 2.05) is 0 Å². The average Bonchev–Trinajstić information content (AvgIpc) is 2.27. The Hall–Kier alpha value is 0.634. The van der Waals surface area contributed by atoms with Crippen molar-refractivity contribution in [2.24, 2.45) is 0 Å². The summed E-state index contributed by atoms with van der Waals surface area (Å²) < 4.78 is 0. The van der Waals surface area contributed by atoms with Crippen LogP contribution >= 0.6 is 0 Å². The third-order valence-electron chi connectivity index (χ3n) is 1.02. The molecule has 0 spiro atoms. The summed E-state index contributed by atoms with van der Waals surface area (Å²) in [6.45, 7) is 14.8. The second kappa shape index (κ2) is 61.8. The van der Waals surface area contributed by atoms with Crippen molar-refractivity contribution >= 4 is 0 Å². The molecule has 15 heavy (non-hydrogen) atoms. The first-order valence-electron chi connectivity index (χ1n) is 5.46. The molecule has 0 bridgehead atoms. The molecule has 0 saturated carbocycles. The van der Waals surface area contributed by atoms with Crippen LogP contribution in [0, 0.1) is 13.8 Å². The quantitative estimate of drug-likeness (QED) is 0.597. The van der Waals surface area contributed by atoms with E-state index in [1.54, 1.807) is 13.8 Å². The van der Waals surface area contributed by atoms with Gasteiger partial charge in [-0.2, -0.15) is 13.8 Å². The second-order valence-electron chi connectivity index (χ2n) is 2.15. The molecular formula is C12H30O2Ti. The molecule has 2 N–H and O–H groups in total. The SMILES string of the molecule is CCCCO.CCCCO.[CH2-]C.[CH2-]C.[Ti+2]. The fourth-order valence-corrected chi connectivity index (χ4v) is 0.316. The molecule has 0 atom stereocenters. The van der Waals surface area contributed by atoms with Gasteiger partial charge in [-0.3, -0.25) is 0 Å². The predicted molar refractivity (Wildman–Crippen MR) is 66.0 cm³/mol. The normalized spacial score (nSPS) is 6.40. The Balaban J connectivity index is -0.0000000318. The fraction of sp³-hybridized carbons (Fsp3) is 0.833. The summed E-state index contributed by atoms with van der Waals surface area (Å²) in [5, 5.41) is 16.1. The minimum Gasteiger partial charge on any atom is -0.396 e. The van der Waals surface area contributed by atoms with Gasteiger partial charge in [0.05, 0.1) is 0 Å². The van der Waals surface area contributed by atoms with Gasteiger partial charge in [0.1, 0.15) is 0 Å². The van der Waals surface area contributed by atoms with Crippen LogP contribution in [0.15, 0.2) is 0 Å². The monoisotopic (exact) mass is 254 g/mol. The van der Waals surface area contributed by atoms with Crippen molar-refractivity contribution in [3.8, 4) is 0 Å². The Labute approximate surface area is 112 Å². The molecule has 0 saturated heterocycles. The van der Waals surface area contributed by atoms with Crippen molar-refractivity contribution in [3.05, 3.63) is 13.8 Å². The van der Waals surface area contributed by atoms with E-state index in [1.165, 1.54) is 0 Å². The van der Waals surface area contributed by atoms with Crippen LogP contribution in [-0.4, -0.2) is 23.4 Å². The summed E-state index contributed by atoms with van der Waals surface area (Å²) in [4.78, 5) is 0. The van der Waals surface area contributed by atoms with Crippen molar-refractivity contribution in [1.82, 2.24) is 0 Å². The Bertz CT molecular complexity index is 34.6. The van der Waals surface area contributed by atoms with E-state index < -0.39 is 0 Å². The first-order valence-corrected chi connectivity index (χ1v) is 5.46. The summed E-state index contributed by atoms with van der Waals surface area (Å²) in [5.74, 6) is 0. The van der Waals surface area contributed by atoms with Crippen LogP contribution in [0.25, 0.3) is 0 Å². The maximum atomic E-state index is 8.07. The number of aliphatic hydroxyl groups is 2. The van der Waals surface area contributed by atoms with Crippen LogP contribution in [0.2, 0.25) is 0 Å². The van der Waals surface area contributed by atoms with Crippen LogP contribution in [0.4, 0.5) is 0 Å². The molecule has 0 aliphatic rings. The van der Waals surface area contributed by atoms with E-state index >= 15 is 0 Å². The zero-order valence-corrected chi connectivity index (χ0v) is 12.6. The van der Waals surface area contributed by atoms with E-state index in [4.69, 9.17) is 10.2 Å². The molecule has 2 nitrogen and oxygen atoms in total. The summed E-state index contributed by atoms with van der Waals surface area (Å²) in [6.07, 6.45) is 4.08. The standard InChI is InChI=1S/2C4H10O.2C2H5.Ti/c2*1-2-3-4-5;2*1-2;/h2*5H,2-4H2,1H3;2*1H2,2H3;/q;;2*-1;+2. The minimum absolute atomic E-state index is 0. The van der Waals surface area contributed by atoms with Crippen LogP contribution in [-0.2, 0) is 21.7 Å². The van der Waals surface area contributed by atoms with E-state index in [0.29, 0.717) is 13.2 Å². The smallest absolute Gasteiger partial charge is 0.396 e. The topological polar surface area (TPSA) is 40.5 Å². The van der Waals surface area contributed by atoms with Gasteiger partial charge < -0.3 is 24.1 Å². The molecule has 0 aromatic heterocycles. The van der Waals surface area contributed by atoms with Crippen molar-refractivity contribution < 1.29 is 31.9 Å². The minimum atomic E-state index is 0. The number of unbranched alkanes of at least 4 members (excludes halogenated alkanes) is 2. The molecular weight excluding hydrogens is 224 g/mol. The molecule has 0 aliphatic carbocycles. The van der Waals surface area contributed by atoms with Crippen LogP contribution in [0.3, 0.4) is 0 Å². The van der Waals surface area contributed by atoms with Gasteiger partial charge in [-0.05, 0) is 12.8 Å². The molecule has 0 radical (unpaired) electrons. The third kappa shape index (κ3) is 109. The summed E-state index contributed by atoms with van der Waals surface area (Å²) in [6, 6.07) is 0. The molecule has 3 heteroatoms. The molecule has 94 valence electrons. The Morgan fingerprint density at radius 2 is 0.933 bits per heavy atom. The Morgan fingerprint density at radius 1 is 0.733 bits per heavy atom. The van der Waals surface area contributed by atoms with Crippen molar-refractivity contribution in [1.29, 1.82) is 0 Å². The van der Waals surface area contributed by atoms with Crippen LogP contribution in [0.1, 0.15) is 53.4 Å². The van der Waals surface area contributed by atoms with Crippen LogP contribution < -0.4 is 0 Å². The molecule has 0 rings (SSSR count). The van der Waals surface area contributed by atoms with Gasteiger partial charge in [-0.25, -0.2) is 0 Å². The first kappa shape index (κ1) is 29.6. The van der Waals surface area contributed by atoms with Gasteiger partial charge in [-0.15, -0.1) is 0 Å². The Kier molecular flexibility index (Phi) is 122. The van der Waals surface area contributed by atoms with Crippen LogP contribution in [0.5, 0.6) is 0 Å². The molecule has 0 aliphatic heterocycles. The second-order valence-corrected chi connectivity index (χ2v) is 2.15. The number of hydrogen-bond acceptors (Lipinski definition) is 2. The zero-order valence-electron chi connectivity index (χ0n) is 11.1. The molecule has 0 amide bonds. The summed E-state index contributed by atoms with van der Waals surface area (Å²) in [7, 11) is 0. The van der Waals surface area contributed by atoms with E-state index in [-0.39, 0.29) is 21.7 Å². The molecule has 0 heterocycles.